The molecule has 1 fully saturated rings. The molecule has 0 spiro atoms. The van der Waals surface area contributed by atoms with Crippen LogP contribution in [0.5, 0.6) is 0 Å². The molecule has 0 saturated carbocycles. The second-order valence-corrected chi connectivity index (χ2v) is 9.34. The van der Waals surface area contributed by atoms with Crippen molar-refractivity contribution in [3.8, 4) is 0 Å². The lowest BCUT2D eigenvalue weighted by atomic mass is 10.3. The van der Waals surface area contributed by atoms with Crippen molar-refractivity contribution in [1.82, 2.24) is 14.1 Å². The van der Waals surface area contributed by atoms with Crippen molar-refractivity contribution in [2.45, 2.75) is 23.4 Å². The van der Waals surface area contributed by atoms with Gasteiger partial charge in [0.1, 0.15) is 10.8 Å². The monoisotopic (exact) mass is 438 g/mol. The molecule has 0 bridgehead atoms. The molecule has 28 heavy (non-hydrogen) atoms. The van der Waals surface area contributed by atoms with Gasteiger partial charge in [-0.15, -0.1) is 11.3 Å². The van der Waals surface area contributed by atoms with Crippen LogP contribution in [0.1, 0.15) is 4.88 Å². The quantitative estimate of drug-likeness (QED) is 0.741. The highest BCUT2D eigenvalue weighted by molar-refractivity contribution is 7.91. The average molecular weight is 438 g/mol. The largest absolute Gasteiger partial charge is 0.408 e. The Morgan fingerprint density at radius 3 is 2.68 bits per heavy atom. The van der Waals surface area contributed by atoms with Gasteiger partial charge in [-0.1, -0.05) is 0 Å². The van der Waals surface area contributed by atoms with E-state index in [0.717, 1.165) is 23.7 Å². The van der Waals surface area contributed by atoms with Crippen molar-refractivity contribution in [2.24, 2.45) is 0 Å². The summed E-state index contributed by atoms with van der Waals surface area (Å²) in [5.41, 5.74) is 0.131. The Bertz CT molecular complexity index is 933. The average Bonchev–Trinajstić information content (AvgIpc) is 3.24. The predicted molar refractivity (Wildman–Crippen MR) is 94.5 cm³/mol. The molecule has 1 saturated heterocycles. The molecule has 1 aliphatic heterocycles. The number of halogens is 3. The van der Waals surface area contributed by atoms with Crippen molar-refractivity contribution >= 4 is 33.0 Å². The molecule has 0 radical (unpaired) electrons. The van der Waals surface area contributed by atoms with Gasteiger partial charge in [0.05, 0.1) is 31.5 Å². The lowest BCUT2D eigenvalue weighted by Gasteiger charge is -2.25. The van der Waals surface area contributed by atoms with Crippen LogP contribution < -0.4 is 5.32 Å². The van der Waals surface area contributed by atoms with Crippen LogP contribution in [-0.2, 0) is 32.5 Å². The van der Waals surface area contributed by atoms with Gasteiger partial charge in [0, 0.05) is 24.2 Å². The second kappa shape index (κ2) is 8.19. The maximum Gasteiger partial charge on any atom is 0.408 e. The van der Waals surface area contributed by atoms with Crippen molar-refractivity contribution in [2.75, 3.05) is 31.6 Å². The number of nitrogens with one attached hydrogen (secondary N) is 1. The molecule has 13 heteroatoms. The van der Waals surface area contributed by atoms with Crippen LogP contribution in [0.15, 0.2) is 28.7 Å². The number of rotatable bonds is 6. The lowest BCUT2D eigenvalue weighted by Crippen LogP contribution is -2.40. The number of amides is 1. The minimum atomic E-state index is -4.41. The highest BCUT2D eigenvalue weighted by Crippen LogP contribution is 2.26. The van der Waals surface area contributed by atoms with E-state index in [1.807, 2.05) is 0 Å². The number of anilines is 1. The Morgan fingerprint density at radius 1 is 1.29 bits per heavy atom. The number of sulfonamides is 1. The number of alkyl halides is 3. The van der Waals surface area contributed by atoms with E-state index in [4.69, 9.17) is 4.74 Å². The zero-order valence-electron chi connectivity index (χ0n) is 14.5. The molecule has 3 rings (SSSR count). The Kier molecular flexibility index (Phi) is 6.07. The van der Waals surface area contributed by atoms with Gasteiger partial charge in [-0.2, -0.15) is 22.6 Å². The van der Waals surface area contributed by atoms with Crippen molar-refractivity contribution < 1.29 is 31.1 Å². The van der Waals surface area contributed by atoms with Gasteiger partial charge in [0.15, 0.2) is 0 Å². The summed E-state index contributed by atoms with van der Waals surface area (Å²) in [6.07, 6.45) is -2.32. The minimum absolute atomic E-state index is 0.103. The Hall–Kier alpha value is -1.96. The van der Waals surface area contributed by atoms with E-state index in [0.29, 0.717) is 22.8 Å². The predicted octanol–water partition coefficient (Wildman–Crippen LogP) is 1.71. The van der Waals surface area contributed by atoms with Crippen LogP contribution in [0, 0.1) is 0 Å². The first-order valence-electron chi connectivity index (χ1n) is 8.19. The molecule has 0 atom stereocenters. The molecule has 0 unspecified atom stereocenters. The Labute approximate surface area is 162 Å². The van der Waals surface area contributed by atoms with E-state index in [9.17, 15) is 26.4 Å². The molecule has 2 aromatic heterocycles. The van der Waals surface area contributed by atoms with Gasteiger partial charge in [-0.25, -0.2) is 8.42 Å². The molecule has 2 aromatic rings. The standard InChI is InChI=1S/C15H17F3N4O4S2/c16-15(17,18)10-21-9-11(8-19-21)20-13(23)7-12-1-2-14(27-12)28(24,25)22-3-5-26-6-4-22/h1-2,8-9H,3-7,10H2,(H,20,23). The number of aromatic nitrogens is 2. The summed E-state index contributed by atoms with van der Waals surface area (Å²) in [5.74, 6) is -0.483. The third kappa shape index (κ3) is 5.31. The molecule has 1 aliphatic rings. The second-order valence-electron chi connectivity index (χ2n) is 6.00. The van der Waals surface area contributed by atoms with Crippen molar-refractivity contribution in [3.63, 3.8) is 0 Å². The van der Waals surface area contributed by atoms with Crippen LogP contribution in [0.25, 0.3) is 0 Å². The zero-order valence-corrected chi connectivity index (χ0v) is 16.1. The van der Waals surface area contributed by atoms with Crippen LogP contribution >= 0.6 is 11.3 Å². The number of hydrogen-bond donors (Lipinski definition) is 1. The Balaban J connectivity index is 1.59. The maximum atomic E-state index is 12.6. The number of thiophene rings is 1. The topological polar surface area (TPSA) is 93.5 Å². The van der Waals surface area contributed by atoms with E-state index in [-0.39, 0.29) is 29.4 Å². The summed E-state index contributed by atoms with van der Waals surface area (Å²) in [6, 6.07) is 2.99. The highest BCUT2D eigenvalue weighted by Gasteiger charge is 2.29. The zero-order chi connectivity index (χ0) is 20.4. The molecular weight excluding hydrogens is 421 g/mol. The van der Waals surface area contributed by atoms with E-state index in [2.05, 4.69) is 10.4 Å². The fourth-order valence-electron chi connectivity index (χ4n) is 2.57. The summed E-state index contributed by atoms with van der Waals surface area (Å²) >= 11 is 0.985. The first-order chi connectivity index (χ1) is 13.1. The third-order valence-electron chi connectivity index (χ3n) is 3.79. The van der Waals surface area contributed by atoms with Crippen LogP contribution in [0.4, 0.5) is 18.9 Å². The summed E-state index contributed by atoms with van der Waals surface area (Å²) in [6.45, 7) is -0.0315. The molecule has 3 heterocycles. The number of ether oxygens (including phenoxy) is 1. The van der Waals surface area contributed by atoms with Crippen LogP contribution in [0.3, 0.4) is 0 Å². The third-order valence-corrected chi connectivity index (χ3v) is 7.25. The molecule has 8 nitrogen and oxygen atoms in total. The van der Waals surface area contributed by atoms with E-state index < -0.39 is 28.7 Å². The van der Waals surface area contributed by atoms with Gasteiger partial charge >= 0.3 is 6.18 Å². The number of hydrogen-bond acceptors (Lipinski definition) is 6. The molecule has 0 aromatic carbocycles. The molecule has 0 aliphatic carbocycles. The van der Waals surface area contributed by atoms with E-state index >= 15 is 0 Å². The SMILES string of the molecule is O=C(Cc1ccc(S(=O)(=O)N2CCOCC2)s1)Nc1cnn(CC(F)(F)F)c1. The van der Waals surface area contributed by atoms with E-state index in [1.165, 1.54) is 10.4 Å². The summed E-state index contributed by atoms with van der Waals surface area (Å²) in [4.78, 5) is 12.6. The van der Waals surface area contributed by atoms with Crippen molar-refractivity contribution in [3.05, 3.63) is 29.4 Å². The summed E-state index contributed by atoms with van der Waals surface area (Å²) < 4.78 is 69.4. The molecular formula is C15H17F3N4O4S2. The van der Waals surface area contributed by atoms with Crippen LogP contribution in [-0.4, -0.2) is 60.9 Å². The molecule has 1 amide bonds. The van der Waals surface area contributed by atoms with Gasteiger partial charge in [0.2, 0.25) is 5.91 Å². The fourth-order valence-corrected chi connectivity index (χ4v) is 5.48. The van der Waals surface area contributed by atoms with Gasteiger partial charge in [-0.3, -0.25) is 9.48 Å². The first kappa shape index (κ1) is 20.8. The first-order valence-corrected chi connectivity index (χ1v) is 10.4. The number of carbonyl (C=O) groups excluding carboxylic acids is 1. The van der Waals surface area contributed by atoms with E-state index in [1.54, 1.807) is 6.07 Å². The fraction of sp³-hybridized carbons (Fsp3) is 0.467. The number of nitrogens with zero attached hydrogens (tertiary/aromatic N) is 3. The summed E-state index contributed by atoms with van der Waals surface area (Å²) in [7, 11) is -3.63. The normalized spacial score (nSPS) is 16.2. The van der Waals surface area contributed by atoms with Crippen molar-refractivity contribution in [1.29, 1.82) is 0 Å². The Morgan fingerprint density at radius 2 is 2.00 bits per heavy atom. The smallest absolute Gasteiger partial charge is 0.379 e. The minimum Gasteiger partial charge on any atom is -0.379 e. The number of morpholine rings is 1. The summed E-state index contributed by atoms with van der Waals surface area (Å²) in [5, 5.41) is 5.99. The molecule has 1 N–H and O–H groups in total. The van der Waals surface area contributed by atoms with Gasteiger partial charge < -0.3 is 10.1 Å². The molecule has 154 valence electrons. The lowest BCUT2D eigenvalue weighted by molar-refractivity contribution is -0.142. The maximum absolute atomic E-state index is 12.6. The van der Waals surface area contributed by atoms with Crippen LogP contribution in [0.2, 0.25) is 0 Å². The van der Waals surface area contributed by atoms with Gasteiger partial charge in [0.25, 0.3) is 10.0 Å². The highest BCUT2D eigenvalue weighted by atomic mass is 32.2. The van der Waals surface area contributed by atoms with Gasteiger partial charge in [-0.05, 0) is 12.1 Å². The number of carbonyl (C=O) groups is 1.